The van der Waals surface area contributed by atoms with Crippen molar-refractivity contribution in [2.24, 2.45) is 0 Å². The van der Waals surface area contributed by atoms with Crippen molar-refractivity contribution in [3.8, 4) is 0 Å². The van der Waals surface area contributed by atoms with Gasteiger partial charge in [-0.05, 0) is 24.3 Å². The number of rotatable bonds is 0. The zero-order chi connectivity index (χ0) is 11.2. The third kappa shape index (κ3) is 1.16. The molecule has 0 bridgehead atoms. The Labute approximate surface area is 96.7 Å². The van der Waals surface area contributed by atoms with Gasteiger partial charge in [-0.25, -0.2) is 4.98 Å². The van der Waals surface area contributed by atoms with Gasteiger partial charge in [-0.15, -0.1) is 0 Å². The van der Waals surface area contributed by atoms with E-state index in [1.807, 2.05) is 42.5 Å². The first-order chi connectivity index (χ1) is 8.42. The molecule has 0 radical (unpaired) electrons. The summed E-state index contributed by atoms with van der Waals surface area (Å²) in [6.07, 6.45) is 1.76. The molecule has 3 aromatic heterocycles. The molecule has 0 saturated carbocycles. The minimum atomic E-state index is 0.783. The van der Waals surface area contributed by atoms with Gasteiger partial charge in [0.2, 0.25) is 0 Å². The number of nitrogens with zero attached hydrogens (tertiary/aromatic N) is 2. The molecule has 3 heteroatoms. The van der Waals surface area contributed by atoms with Gasteiger partial charge in [-0.3, -0.25) is 4.98 Å². The van der Waals surface area contributed by atoms with Crippen LogP contribution < -0.4 is 0 Å². The quantitative estimate of drug-likeness (QED) is 0.455. The molecule has 0 atom stereocenters. The maximum Gasteiger partial charge on any atom is 0.156 e. The van der Waals surface area contributed by atoms with Gasteiger partial charge in [0.05, 0.1) is 5.52 Å². The van der Waals surface area contributed by atoms with Crippen molar-refractivity contribution in [3.05, 3.63) is 48.7 Å². The van der Waals surface area contributed by atoms with Crippen LogP contribution in [-0.4, -0.2) is 9.97 Å². The van der Waals surface area contributed by atoms with Crippen LogP contribution in [0.4, 0.5) is 0 Å². The second-order valence-corrected chi connectivity index (χ2v) is 3.98. The summed E-state index contributed by atoms with van der Waals surface area (Å²) in [6.45, 7) is 0. The molecule has 0 N–H and O–H groups in total. The summed E-state index contributed by atoms with van der Waals surface area (Å²) in [4.78, 5) is 8.93. The van der Waals surface area contributed by atoms with Crippen molar-refractivity contribution >= 4 is 33.1 Å². The van der Waals surface area contributed by atoms with E-state index in [-0.39, 0.29) is 0 Å². The van der Waals surface area contributed by atoms with Crippen molar-refractivity contribution in [2.45, 2.75) is 0 Å². The summed E-state index contributed by atoms with van der Waals surface area (Å²) < 4.78 is 5.74. The van der Waals surface area contributed by atoms with Crippen molar-refractivity contribution in [3.63, 3.8) is 0 Å². The number of aromatic nitrogens is 2. The molecular weight excluding hydrogens is 212 g/mol. The highest BCUT2D eigenvalue weighted by atomic mass is 16.3. The zero-order valence-electron chi connectivity index (χ0n) is 8.92. The number of fused-ring (bicyclic) bond motifs is 4. The van der Waals surface area contributed by atoms with Crippen LogP contribution in [0, 0.1) is 0 Å². The highest BCUT2D eigenvalue weighted by Crippen LogP contribution is 2.27. The van der Waals surface area contributed by atoms with Gasteiger partial charge >= 0.3 is 0 Å². The van der Waals surface area contributed by atoms with Gasteiger partial charge in [-0.2, -0.15) is 0 Å². The summed E-state index contributed by atoms with van der Waals surface area (Å²) in [5.41, 5.74) is 4.20. The molecule has 4 rings (SSSR count). The lowest BCUT2D eigenvalue weighted by Gasteiger charge is -1.95. The van der Waals surface area contributed by atoms with Crippen LogP contribution in [0.2, 0.25) is 0 Å². The number of furan rings is 1. The topological polar surface area (TPSA) is 38.9 Å². The second kappa shape index (κ2) is 3.04. The molecule has 0 spiro atoms. The van der Waals surface area contributed by atoms with Gasteiger partial charge in [0.25, 0.3) is 0 Å². The molecule has 0 aliphatic rings. The number of benzene rings is 1. The maximum atomic E-state index is 5.74. The minimum Gasteiger partial charge on any atom is -0.453 e. The predicted molar refractivity (Wildman–Crippen MR) is 66.8 cm³/mol. The van der Waals surface area contributed by atoms with E-state index in [1.54, 1.807) is 6.20 Å². The highest BCUT2D eigenvalue weighted by Gasteiger charge is 2.09. The summed E-state index contributed by atoms with van der Waals surface area (Å²) in [5.74, 6) is 0. The lowest BCUT2D eigenvalue weighted by atomic mass is 10.2. The summed E-state index contributed by atoms with van der Waals surface area (Å²) >= 11 is 0. The first-order valence-electron chi connectivity index (χ1n) is 5.45. The number of pyridine rings is 2. The summed E-state index contributed by atoms with van der Waals surface area (Å²) in [7, 11) is 0. The molecule has 0 saturated heterocycles. The fraction of sp³-hybridized carbons (Fsp3) is 0. The van der Waals surface area contributed by atoms with E-state index < -0.39 is 0 Å². The van der Waals surface area contributed by atoms with Crippen molar-refractivity contribution in [2.75, 3.05) is 0 Å². The van der Waals surface area contributed by atoms with Gasteiger partial charge in [-0.1, -0.05) is 18.2 Å². The van der Waals surface area contributed by atoms with E-state index in [0.29, 0.717) is 0 Å². The van der Waals surface area contributed by atoms with E-state index >= 15 is 0 Å². The van der Waals surface area contributed by atoms with Crippen LogP contribution in [-0.2, 0) is 0 Å². The fourth-order valence-electron chi connectivity index (χ4n) is 2.11. The Morgan fingerprint density at radius 1 is 0.882 bits per heavy atom. The van der Waals surface area contributed by atoms with Gasteiger partial charge in [0.1, 0.15) is 11.0 Å². The van der Waals surface area contributed by atoms with Crippen LogP contribution in [0.25, 0.3) is 33.1 Å². The lowest BCUT2D eigenvalue weighted by molar-refractivity contribution is 0.668. The lowest BCUT2D eigenvalue weighted by Crippen LogP contribution is -1.79. The molecule has 4 aromatic rings. The zero-order valence-corrected chi connectivity index (χ0v) is 8.92. The van der Waals surface area contributed by atoms with Crippen molar-refractivity contribution < 1.29 is 4.42 Å². The Bertz CT molecular complexity index is 842. The Balaban J connectivity index is 2.28. The van der Waals surface area contributed by atoms with Crippen molar-refractivity contribution in [1.29, 1.82) is 0 Å². The van der Waals surface area contributed by atoms with Gasteiger partial charge in [0.15, 0.2) is 11.2 Å². The van der Waals surface area contributed by atoms with E-state index in [1.165, 1.54) is 0 Å². The molecule has 80 valence electrons. The molecule has 0 amide bonds. The molecule has 0 aliphatic heterocycles. The van der Waals surface area contributed by atoms with E-state index in [0.717, 1.165) is 33.1 Å². The second-order valence-electron chi connectivity index (χ2n) is 3.98. The fourth-order valence-corrected chi connectivity index (χ4v) is 2.11. The third-order valence-electron chi connectivity index (χ3n) is 2.90. The largest absolute Gasteiger partial charge is 0.453 e. The van der Waals surface area contributed by atoms with E-state index in [9.17, 15) is 0 Å². The maximum absolute atomic E-state index is 5.74. The molecular formula is C14H8N2O. The van der Waals surface area contributed by atoms with Crippen LogP contribution in [0.5, 0.6) is 0 Å². The first-order valence-corrected chi connectivity index (χ1v) is 5.45. The van der Waals surface area contributed by atoms with Crippen LogP contribution in [0.3, 0.4) is 0 Å². The molecule has 0 aliphatic carbocycles. The SMILES string of the molecule is c1ccc2nc3c(cc2c1)oc1cccnc13. The molecule has 3 nitrogen and oxygen atoms in total. The summed E-state index contributed by atoms with van der Waals surface area (Å²) in [5, 5.41) is 1.08. The number of hydrogen-bond donors (Lipinski definition) is 0. The van der Waals surface area contributed by atoms with Crippen LogP contribution in [0.1, 0.15) is 0 Å². The normalized spacial score (nSPS) is 11.5. The van der Waals surface area contributed by atoms with Gasteiger partial charge < -0.3 is 4.42 Å². The Kier molecular flexibility index (Phi) is 1.56. The van der Waals surface area contributed by atoms with E-state index in [4.69, 9.17) is 4.42 Å². The predicted octanol–water partition coefficient (Wildman–Crippen LogP) is 3.53. The Hall–Kier alpha value is -2.42. The summed E-state index contributed by atoms with van der Waals surface area (Å²) in [6, 6.07) is 13.8. The van der Waals surface area contributed by atoms with Crippen LogP contribution in [0.15, 0.2) is 53.1 Å². The third-order valence-corrected chi connectivity index (χ3v) is 2.90. The standard InChI is InChI=1S/C14H8N2O/c1-2-5-10-9(4-1)8-12-14(16-10)13-11(17-12)6-3-7-15-13/h1-8H. The Morgan fingerprint density at radius 3 is 2.82 bits per heavy atom. The monoisotopic (exact) mass is 220 g/mol. The first kappa shape index (κ1) is 8.70. The van der Waals surface area contributed by atoms with Crippen molar-refractivity contribution in [1.82, 2.24) is 9.97 Å². The van der Waals surface area contributed by atoms with E-state index in [2.05, 4.69) is 9.97 Å². The molecule has 0 fully saturated rings. The number of hydrogen-bond acceptors (Lipinski definition) is 3. The molecule has 1 aromatic carbocycles. The average molecular weight is 220 g/mol. The van der Waals surface area contributed by atoms with Gasteiger partial charge in [0, 0.05) is 11.6 Å². The minimum absolute atomic E-state index is 0.783. The smallest absolute Gasteiger partial charge is 0.156 e. The number of para-hydroxylation sites is 1. The molecule has 3 heterocycles. The molecule has 0 unspecified atom stereocenters. The Morgan fingerprint density at radius 2 is 1.82 bits per heavy atom. The van der Waals surface area contributed by atoms with Crippen LogP contribution >= 0.6 is 0 Å². The average Bonchev–Trinajstić information content (AvgIpc) is 2.73. The molecule has 17 heavy (non-hydrogen) atoms. The highest BCUT2D eigenvalue weighted by molar-refractivity contribution is 6.03.